The van der Waals surface area contributed by atoms with Gasteiger partial charge in [0.15, 0.2) is 5.65 Å². The second-order valence-corrected chi connectivity index (χ2v) is 7.74. The van der Waals surface area contributed by atoms with Gasteiger partial charge >= 0.3 is 0 Å². The van der Waals surface area contributed by atoms with Gasteiger partial charge in [-0.2, -0.15) is 10.4 Å². The molecule has 5 heteroatoms. The van der Waals surface area contributed by atoms with E-state index in [0.29, 0.717) is 5.56 Å². The van der Waals surface area contributed by atoms with E-state index in [-0.39, 0.29) is 0 Å². The van der Waals surface area contributed by atoms with Crippen molar-refractivity contribution in [2.45, 2.75) is 0 Å². The van der Waals surface area contributed by atoms with Crippen molar-refractivity contribution in [3.05, 3.63) is 101 Å². The zero-order valence-corrected chi connectivity index (χ0v) is 17.4. The molecule has 0 N–H and O–H groups in total. The number of hydrogen-bond donors (Lipinski definition) is 0. The van der Waals surface area contributed by atoms with E-state index in [1.165, 1.54) is 0 Å². The first-order valence-corrected chi connectivity index (χ1v) is 10.2. The lowest BCUT2D eigenvalue weighted by Gasteiger charge is -2.08. The topological polar surface area (TPSA) is 54.5 Å². The van der Waals surface area contributed by atoms with Crippen LogP contribution in [0.15, 0.2) is 95.6 Å². The van der Waals surface area contributed by atoms with Crippen molar-refractivity contribution in [2.75, 3.05) is 0 Å². The maximum atomic E-state index is 9.85. The third-order valence-corrected chi connectivity index (χ3v) is 5.53. The lowest BCUT2D eigenvalue weighted by Crippen LogP contribution is -1.98. The molecule has 0 aliphatic carbocycles. The molecular formula is C25H15BrN4. The Balaban J connectivity index is 1.92. The molecule has 0 saturated carbocycles. The van der Waals surface area contributed by atoms with Crippen molar-refractivity contribution in [1.29, 1.82) is 5.26 Å². The van der Waals surface area contributed by atoms with Crippen molar-refractivity contribution in [1.82, 2.24) is 14.8 Å². The zero-order valence-electron chi connectivity index (χ0n) is 15.8. The summed E-state index contributed by atoms with van der Waals surface area (Å²) >= 11 is 3.50. The van der Waals surface area contributed by atoms with E-state index in [1.807, 2.05) is 89.6 Å². The van der Waals surface area contributed by atoms with E-state index in [2.05, 4.69) is 27.0 Å². The molecule has 4 nitrogen and oxygen atoms in total. The average molecular weight is 451 g/mol. The number of aromatic nitrogens is 3. The Morgan fingerprint density at radius 3 is 2.13 bits per heavy atom. The van der Waals surface area contributed by atoms with Crippen LogP contribution in [0.25, 0.3) is 39.1 Å². The van der Waals surface area contributed by atoms with Crippen LogP contribution >= 0.6 is 15.9 Å². The molecule has 3 aromatic carbocycles. The van der Waals surface area contributed by atoms with Gasteiger partial charge in [-0.3, -0.25) is 0 Å². The molecular weight excluding hydrogens is 436 g/mol. The molecule has 0 unspecified atom stereocenters. The Morgan fingerprint density at radius 1 is 0.800 bits per heavy atom. The van der Waals surface area contributed by atoms with Gasteiger partial charge in [0.2, 0.25) is 0 Å². The fraction of sp³-hybridized carbons (Fsp3) is 0. The maximum absolute atomic E-state index is 9.85. The molecule has 0 aliphatic rings. The van der Waals surface area contributed by atoms with Crippen LogP contribution in [0.3, 0.4) is 0 Å². The Hall–Kier alpha value is -3.75. The minimum atomic E-state index is 0.523. The lowest BCUT2D eigenvalue weighted by atomic mass is 9.96. The van der Waals surface area contributed by atoms with Gasteiger partial charge in [0.05, 0.1) is 16.6 Å². The largest absolute Gasteiger partial charge is 0.235 e. The summed E-state index contributed by atoms with van der Waals surface area (Å²) in [6, 6.07) is 30.2. The normalized spacial score (nSPS) is 10.8. The molecule has 2 aromatic heterocycles. The highest BCUT2D eigenvalue weighted by atomic mass is 79.9. The van der Waals surface area contributed by atoms with Crippen molar-refractivity contribution < 1.29 is 0 Å². The van der Waals surface area contributed by atoms with Gasteiger partial charge in [0.1, 0.15) is 11.8 Å². The summed E-state index contributed by atoms with van der Waals surface area (Å²) in [5, 5.41) is 15.7. The van der Waals surface area contributed by atoms with Gasteiger partial charge in [0.25, 0.3) is 0 Å². The van der Waals surface area contributed by atoms with Crippen LogP contribution in [0.2, 0.25) is 0 Å². The van der Waals surface area contributed by atoms with E-state index in [0.717, 1.165) is 43.6 Å². The van der Waals surface area contributed by atoms with Crippen molar-refractivity contribution in [3.63, 3.8) is 0 Å². The molecule has 0 fully saturated rings. The van der Waals surface area contributed by atoms with Crippen LogP contribution in [0.4, 0.5) is 0 Å². The fourth-order valence-corrected chi connectivity index (χ4v) is 3.90. The van der Waals surface area contributed by atoms with Crippen molar-refractivity contribution in [3.8, 4) is 34.1 Å². The van der Waals surface area contributed by atoms with Gasteiger partial charge in [-0.05, 0) is 29.8 Å². The summed E-state index contributed by atoms with van der Waals surface area (Å²) in [5.41, 5.74) is 5.74. The first-order chi connectivity index (χ1) is 14.8. The first kappa shape index (κ1) is 18.3. The lowest BCUT2D eigenvalue weighted by molar-refractivity contribution is 0.901. The molecule has 5 aromatic rings. The van der Waals surface area contributed by atoms with Crippen LogP contribution in [-0.2, 0) is 0 Å². The number of halogens is 1. The number of nitriles is 1. The van der Waals surface area contributed by atoms with Crippen LogP contribution < -0.4 is 0 Å². The number of rotatable bonds is 3. The summed E-state index contributed by atoms with van der Waals surface area (Å²) in [7, 11) is 0. The fourth-order valence-electron chi connectivity index (χ4n) is 3.63. The maximum Gasteiger partial charge on any atom is 0.164 e. The highest BCUT2D eigenvalue weighted by molar-refractivity contribution is 9.10. The number of benzene rings is 3. The monoisotopic (exact) mass is 450 g/mol. The summed E-state index contributed by atoms with van der Waals surface area (Å²) in [6.45, 7) is 0. The summed E-state index contributed by atoms with van der Waals surface area (Å²) in [5.74, 6) is 0. The molecule has 0 saturated heterocycles. The number of pyridine rings is 1. The second kappa shape index (κ2) is 7.58. The molecule has 0 bridgehead atoms. The van der Waals surface area contributed by atoms with E-state index >= 15 is 0 Å². The van der Waals surface area contributed by atoms with Gasteiger partial charge in [-0.1, -0.05) is 76.6 Å². The molecule has 5 rings (SSSR count). The molecule has 2 heterocycles. The molecule has 0 spiro atoms. The smallest absolute Gasteiger partial charge is 0.164 e. The van der Waals surface area contributed by atoms with Crippen LogP contribution in [0.1, 0.15) is 5.56 Å². The summed E-state index contributed by atoms with van der Waals surface area (Å²) in [4.78, 5) is 4.65. The predicted molar refractivity (Wildman–Crippen MR) is 122 cm³/mol. The van der Waals surface area contributed by atoms with Gasteiger partial charge in [0, 0.05) is 21.8 Å². The molecule has 0 atom stereocenters. The third-order valence-electron chi connectivity index (χ3n) is 5.00. The second-order valence-electron chi connectivity index (χ2n) is 6.83. The quantitative estimate of drug-likeness (QED) is 0.320. The highest BCUT2D eigenvalue weighted by Crippen LogP contribution is 2.38. The van der Waals surface area contributed by atoms with Crippen molar-refractivity contribution >= 4 is 27.0 Å². The molecule has 0 radical (unpaired) electrons. The SMILES string of the molecule is N#Cc1cnc2c(c(-c3ccccc3)nn2-c2ccccc2)c1-c1ccc(Br)cc1. The number of para-hydroxylation sites is 1. The Labute approximate surface area is 182 Å². The first-order valence-electron chi connectivity index (χ1n) is 9.45. The van der Waals surface area contributed by atoms with Gasteiger partial charge < -0.3 is 0 Å². The third kappa shape index (κ3) is 3.08. The predicted octanol–water partition coefficient (Wildman–Crippen LogP) is 6.39. The van der Waals surface area contributed by atoms with E-state index in [9.17, 15) is 5.26 Å². The van der Waals surface area contributed by atoms with E-state index in [1.54, 1.807) is 6.20 Å². The number of hydrogen-bond acceptors (Lipinski definition) is 3. The molecule has 30 heavy (non-hydrogen) atoms. The summed E-state index contributed by atoms with van der Waals surface area (Å²) < 4.78 is 2.83. The number of nitrogens with zero attached hydrogens (tertiary/aromatic N) is 4. The van der Waals surface area contributed by atoms with Gasteiger partial charge in [-0.25, -0.2) is 9.67 Å². The Bertz CT molecular complexity index is 1380. The average Bonchev–Trinajstić information content (AvgIpc) is 3.20. The summed E-state index contributed by atoms with van der Waals surface area (Å²) in [6.07, 6.45) is 1.63. The van der Waals surface area contributed by atoms with Crippen LogP contribution in [0.5, 0.6) is 0 Å². The standard InChI is InChI=1S/C25H15BrN4/c26-20-13-11-17(12-14-20)22-19(15-27)16-28-25-23(22)24(18-7-3-1-4-8-18)29-30(25)21-9-5-2-6-10-21/h1-14,16H. The van der Waals surface area contributed by atoms with Crippen molar-refractivity contribution in [2.24, 2.45) is 0 Å². The van der Waals surface area contributed by atoms with Crippen LogP contribution in [-0.4, -0.2) is 14.8 Å². The molecule has 0 amide bonds. The number of fused-ring (bicyclic) bond motifs is 1. The van der Waals surface area contributed by atoms with Crippen LogP contribution in [0, 0.1) is 11.3 Å². The zero-order chi connectivity index (χ0) is 20.5. The van der Waals surface area contributed by atoms with Gasteiger partial charge in [-0.15, -0.1) is 0 Å². The van der Waals surface area contributed by atoms with E-state index in [4.69, 9.17) is 5.10 Å². The minimum Gasteiger partial charge on any atom is -0.235 e. The Kier molecular flexibility index (Phi) is 4.62. The highest BCUT2D eigenvalue weighted by Gasteiger charge is 2.21. The molecule has 142 valence electrons. The Morgan fingerprint density at radius 2 is 1.47 bits per heavy atom. The van der Waals surface area contributed by atoms with E-state index < -0.39 is 0 Å². The molecule has 0 aliphatic heterocycles. The minimum absolute atomic E-state index is 0.523.